The molecule has 0 unspecified atom stereocenters. The Morgan fingerprint density at radius 3 is 2.04 bits per heavy atom. The zero-order chi connectivity index (χ0) is 18.2. The summed E-state index contributed by atoms with van der Waals surface area (Å²) in [5.41, 5.74) is 0. The molecule has 138 valence electrons. The summed E-state index contributed by atoms with van der Waals surface area (Å²) in [7, 11) is 0. The van der Waals surface area contributed by atoms with Crippen LogP contribution in [0.4, 0.5) is 0 Å². The van der Waals surface area contributed by atoms with Gasteiger partial charge in [0.25, 0.3) is 0 Å². The predicted octanol–water partition coefficient (Wildman–Crippen LogP) is 3.33. The van der Waals surface area contributed by atoms with Gasteiger partial charge in [0.2, 0.25) is 0 Å². The van der Waals surface area contributed by atoms with Crippen LogP contribution in [0, 0.1) is 0 Å². The summed E-state index contributed by atoms with van der Waals surface area (Å²) in [6.07, 6.45) is 8.97. The van der Waals surface area contributed by atoms with Gasteiger partial charge >= 0.3 is 17.9 Å². The number of carbonyl (C=O) groups is 3. The monoisotopic (exact) mass is 342 g/mol. The van der Waals surface area contributed by atoms with Gasteiger partial charge in [0.15, 0.2) is 6.10 Å². The van der Waals surface area contributed by atoms with Crippen LogP contribution in [0.25, 0.3) is 0 Å². The van der Waals surface area contributed by atoms with Crippen molar-refractivity contribution in [3.8, 4) is 0 Å². The number of ether oxygens (including phenoxy) is 3. The topological polar surface area (TPSA) is 78.9 Å². The zero-order valence-electron chi connectivity index (χ0n) is 14.9. The first-order valence-corrected chi connectivity index (χ1v) is 8.52. The maximum Gasteiger partial charge on any atom is 0.305 e. The summed E-state index contributed by atoms with van der Waals surface area (Å²) in [4.78, 5) is 33.4. The minimum Gasteiger partial charge on any atom is -0.462 e. The first-order valence-electron chi connectivity index (χ1n) is 8.52. The van der Waals surface area contributed by atoms with E-state index in [9.17, 15) is 14.4 Å². The molecule has 6 nitrogen and oxygen atoms in total. The van der Waals surface area contributed by atoms with Gasteiger partial charge in [0, 0.05) is 20.3 Å². The van der Waals surface area contributed by atoms with Crippen molar-refractivity contribution in [2.45, 2.75) is 71.3 Å². The molecule has 0 aliphatic carbocycles. The normalized spacial score (nSPS) is 11.4. The number of carbonyl (C=O) groups excluding carboxylic acids is 3. The molecule has 0 saturated heterocycles. The van der Waals surface area contributed by atoms with E-state index in [4.69, 9.17) is 14.2 Å². The van der Waals surface area contributed by atoms with Crippen LogP contribution in [0.2, 0.25) is 0 Å². The van der Waals surface area contributed by atoms with Crippen molar-refractivity contribution >= 4 is 17.9 Å². The molecule has 0 heterocycles. The molecule has 0 spiro atoms. The third-order valence-corrected chi connectivity index (χ3v) is 3.27. The van der Waals surface area contributed by atoms with E-state index in [1.54, 1.807) is 0 Å². The summed E-state index contributed by atoms with van der Waals surface area (Å²) in [6.45, 7) is 5.97. The van der Waals surface area contributed by atoms with Gasteiger partial charge in [-0.3, -0.25) is 14.4 Å². The molecular weight excluding hydrogens is 312 g/mol. The molecule has 0 aromatic heterocycles. The van der Waals surface area contributed by atoms with Crippen LogP contribution in [0.1, 0.15) is 65.2 Å². The lowest BCUT2D eigenvalue weighted by atomic mass is 10.1. The Labute approximate surface area is 144 Å². The molecule has 1 atom stereocenters. The minimum atomic E-state index is -0.764. The van der Waals surface area contributed by atoms with E-state index < -0.39 is 18.0 Å². The second-order valence-electron chi connectivity index (χ2n) is 5.67. The van der Waals surface area contributed by atoms with Crippen LogP contribution in [0.5, 0.6) is 0 Å². The van der Waals surface area contributed by atoms with Gasteiger partial charge in [-0.05, 0) is 19.3 Å². The third kappa shape index (κ3) is 15.1. The molecule has 0 radical (unpaired) electrons. The molecule has 0 N–H and O–H groups in total. The van der Waals surface area contributed by atoms with Gasteiger partial charge in [-0.15, -0.1) is 6.58 Å². The van der Waals surface area contributed by atoms with Crippen LogP contribution in [-0.2, 0) is 28.6 Å². The van der Waals surface area contributed by atoms with Crippen LogP contribution >= 0.6 is 0 Å². The van der Waals surface area contributed by atoms with Crippen molar-refractivity contribution in [2.24, 2.45) is 0 Å². The fraction of sp³-hybridized carbons (Fsp3) is 0.722. The van der Waals surface area contributed by atoms with Crippen LogP contribution in [0.3, 0.4) is 0 Å². The molecule has 0 aromatic carbocycles. The lowest BCUT2D eigenvalue weighted by Crippen LogP contribution is -2.29. The van der Waals surface area contributed by atoms with Crippen LogP contribution in [0.15, 0.2) is 12.7 Å². The smallest absolute Gasteiger partial charge is 0.305 e. The quantitative estimate of drug-likeness (QED) is 0.208. The number of hydrogen-bond acceptors (Lipinski definition) is 6. The van der Waals surface area contributed by atoms with Crippen LogP contribution < -0.4 is 0 Å². The lowest BCUT2D eigenvalue weighted by molar-refractivity contribution is -0.164. The van der Waals surface area contributed by atoms with E-state index in [0.717, 1.165) is 25.7 Å². The summed E-state index contributed by atoms with van der Waals surface area (Å²) < 4.78 is 14.8. The lowest BCUT2D eigenvalue weighted by Gasteiger charge is -2.16. The third-order valence-electron chi connectivity index (χ3n) is 3.27. The van der Waals surface area contributed by atoms with Crippen molar-refractivity contribution in [3.63, 3.8) is 0 Å². The summed E-state index contributed by atoms with van der Waals surface area (Å²) >= 11 is 0. The van der Waals surface area contributed by atoms with E-state index in [1.807, 2.05) is 6.08 Å². The van der Waals surface area contributed by atoms with E-state index in [-0.39, 0.29) is 19.2 Å². The van der Waals surface area contributed by atoms with Crippen molar-refractivity contribution in [1.82, 2.24) is 0 Å². The average molecular weight is 342 g/mol. The van der Waals surface area contributed by atoms with Gasteiger partial charge < -0.3 is 14.2 Å². The van der Waals surface area contributed by atoms with Crippen LogP contribution in [-0.4, -0.2) is 37.2 Å². The minimum absolute atomic E-state index is 0.104. The Hall–Kier alpha value is -1.85. The maximum absolute atomic E-state index is 11.7. The second kappa shape index (κ2) is 14.7. The highest BCUT2D eigenvalue weighted by Crippen LogP contribution is 2.09. The van der Waals surface area contributed by atoms with E-state index in [2.05, 4.69) is 6.58 Å². The van der Waals surface area contributed by atoms with E-state index in [0.29, 0.717) is 6.42 Å². The summed E-state index contributed by atoms with van der Waals surface area (Å²) in [6, 6.07) is 0. The van der Waals surface area contributed by atoms with Crippen molar-refractivity contribution in [1.29, 1.82) is 0 Å². The number of rotatable bonds is 14. The predicted molar refractivity (Wildman–Crippen MR) is 90.3 cm³/mol. The molecule has 0 amide bonds. The molecule has 24 heavy (non-hydrogen) atoms. The average Bonchev–Trinajstić information content (AvgIpc) is 2.52. The van der Waals surface area contributed by atoms with Crippen molar-refractivity contribution in [2.75, 3.05) is 13.2 Å². The molecule has 0 rings (SSSR count). The second-order valence-corrected chi connectivity index (χ2v) is 5.67. The Morgan fingerprint density at radius 2 is 1.46 bits per heavy atom. The van der Waals surface area contributed by atoms with Gasteiger partial charge in [-0.1, -0.05) is 31.8 Å². The molecular formula is C18H30O6. The molecule has 0 saturated carbocycles. The number of esters is 3. The SMILES string of the molecule is C=CCCCCCCCCC(=O)OC[C@H](COC(C)=O)OC(C)=O. The molecule has 0 aromatic rings. The zero-order valence-corrected chi connectivity index (χ0v) is 14.9. The maximum atomic E-state index is 11.7. The first kappa shape index (κ1) is 22.1. The number of allylic oxidation sites excluding steroid dienone is 1. The fourth-order valence-electron chi connectivity index (χ4n) is 2.08. The summed E-state index contributed by atoms with van der Waals surface area (Å²) in [5, 5.41) is 0. The van der Waals surface area contributed by atoms with Gasteiger partial charge in [-0.2, -0.15) is 0 Å². The van der Waals surface area contributed by atoms with Gasteiger partial charge in [0.1, 0.15) is 13.2 Å². The Balaban J connectivity index is 3.76. The highest BCUT2D eigenvalue weighted by Gasteiger charge is 2.16. The van der Waals surface area contributed by atoms with E-state index in [1.165, 1.54) is 33.1 Å². The molecule has 0 aliphatic rings. The van der Waals surface area contributed by atoms with Crippen molar-refractivity contribution in [3.05, 3.63) is 12.7 Å². The number of unbranched alkanes of at least 4 members (excludes halogenated alkanes) is 6. The highest BCUT2D eigenvalue weighted by molar-refractivity contribution is 5.69. The Morgan fingerprint density at radius 1 is 0.875 bits per heavy atom. The summed E-state index contributed by atoms with van der Waals surface area (Å²) in [5.74, 6) is -1.33. The van der Waals surface area contributed by atoms with Gasteiger partial charge in [0.05, 0.1) is 0 Å². The molecule has 0 fully saturated rings. The molecule has 0 aliphatic heterocycles. The fourth-order valence-corrected chi connectivity index (χ4v) is 2.08. The molecule has 0 bridgehead atoms. The van der Waals surface area contributed by atoms with E-state index >= 15 is 0 Å². The highest BCUT2D eigenvalue weighted by atomic mass is 16.6. The Bertz CT molecular complexity index is 391. The Kier molecular flexibility index (Phi) is 13.6. The first-order chi connectivity index (χ1) is 11.5. The van der Waals surface area contributed by atoms with Crippen molar-refractivity contribution < 1.29 is 28.6 Å². The molecule has 6 heteroatoms. The number of hydrogen-bond donors (Lipinski definition) is 0. The largest absolute Gasteiger partial charge is 0.462 e. The van der Waals surface area contributed by atoms with Gasteiger partial charge in [-0.25, -0.2) is 0 Å². The standard InChI is InChI=1S/C18H30O6/c1-4-5-6-7-8-9-10-11-12-18(21)23-14-17(24-16(3)20)13-22-15(2)19/h4,17H,1,5-14H2,2-3H3/t17-/m0/s1.